The van der Waals surface area contributed by atoms with Crippen molar-refractivity contribution in [1.82, 2.24) is 0 Å². The van der Waals surface area contributed by atoms with E-state index in [4.69, 9.17) is 4.42 Å². The van der Waals surface area contributed by atoms with Gasteiger partial charge in [-0.05, 0) is 120 Å². The van der Waals surface area contributed by atoms with E-state index >= 15 is 0 Å². The number of nitrogens with zero attached hydrogens (tertiary/aromatic N) is 1. The molecule has 2 heteroatoms. The molecule has 10 aromatic carbocycles. The number of fused-ring (bicyclic) bond motifs is 13. The van der Waals surface area contributed by atoms with Crippen LogP contribution < -0.4 is 4.90 Å². The normalized spacial score (nSPS) is 14.6. The van der Waals surface area contributed by atoms with Crippen molar-refractivity contribution in [2.45, 2.75) is 24.7 Å². The van der Waals surface area contributed by atoms with Crippen LogP contribution in [0.4, 0.5) is 17.1 Å². The molecule has 0 N–H and O–H groups in total. The third-order valence-electron chi connectivity index (χ3n) is 15.9. The van der Waals surface area contributed by atoms with Gasteiger partial charge in [-0.1, -0.05) is 233 Å². The highest BCUT2D eigenvalue weighted by Crippen LogP contribution is 2.66. The first-order chi connectivity index (χ1) is 35.5. The van der Waals surface area contributed by atoms with Crippen LogP contribution in [0.1, 0.15) is 58.4 Å². The molecular weight excluding hydrogens is 871 g/mol. The third kappa shape index (κ3) is 5.90. The molecule has 0 unspecified atom stereocenters. The second kappa shape index (κ2) is 16.0. The number of hydrogen-bond acceptors (Lipinski definition) is 2. The molecule has 0 radical (unpaired) electrons. The van der Waals surface area contributed by atoms with Gasteiger partial charge in [-0.25, -0.2) is 0 Å². The number of furan rings is 1. The summed E-state index contributed by atoms with van der Waals surface area (Å²) in [6.07, 6.45) is 4.14. The predicted molar refractivity (Wildman–Crippen MR) is 301 cm³/mol. The van der Waals surface area contributed by atoms with Gasteiger partial charge in [0.1, 0.15) is 11.2 Å². The Morgan fingerprint density at radius 1 is 0.444 bits per heavy atom. The lowest BCUT2D eigenvalue weighted by atomic mass is 9.67. The van der Waals surface area contributed by atoms with Crippen molar-refractivity contribution in [1.29, 1.82) is 0 Å². The monoisotopic (exact) mass is 919 g/mol. The minimum atomic E-state index is -0.636. The SMILES string of the molecule is C=C/C=C(\C1=C(c2ccc(N(c3ccc4c(c3)C(C)(C)c3ccccc3-4)c3ccccc3-c3ccccc3)cc2)C2(c3ccccc31)c1ccccc1-c1ccccc12)c1cccc2c1oc1ccccc12. The molecule has 0 fully saturated rings. The van der Waals surface area contributed by atoms with Crippen LogP contribution in [0.25, 0.3) is 72.0 Å². The third-order valence-corrected chi connectivity index (χ3v) is 15.9. The summed E-state index contributed by atoms with van der Waals surface area (Å²) < 4.78 is 6.85. The van der Waals surface area contributed by atoms with Crippen LogP contribution in [-0.2, 0) is 10.8 Å². The van der Waals surface area contributed by atoms with Crippen molar-refractivity contribution in [3.05, 3.63) is 300 Å². The first-order valence-corrected chi connectivity index (χ1v) is 25.0. The van der Waals surface area contributed by atoms with Gasteiger partial charge in [0.05, 0.1) is 11.1 Å². The van der Waals surface area contributed by atoms with Gasteiger partial charge in [-0.15, -0.1) is 0 Å². The van der Waals surface area contributed by atoms with Gasteiger partial charge in [0.15, 0.2) is 0 Å². The summed E-state index contributed by atoms with van der Waals surface area (Å²) in [5.41, 5.74) is 25.1. The number of anilines is 3. The van der Waals surface area contributed by atoms with Gasteiger partial charge in [0.25, 0.3) is 0 Å². The summed E-state index contributed by atoms with van der Waals surface area (Å²) in [4.78, 5) is 2.46. The highest BCUT2D eigenvalue weighted by atomic mass is 16.3. The predicted octanol–water partition coefficient (Wildman–Crippen LogP) is 18.5. The highest BCUT2D eigenvalue weighted by molar-refractivity contribution is 6.25. The van der Waals surface area contributed by atoms with Crippen LogP contribution in [0.2, 0.25) is 0 Å². The zero-order chi connectivity index (χ0) is 48.1. The molecule has 340 valence electrons. The van der Waals surface area contributed by atoms with Crippen LogP contribution in [0.3, 0.4) is 0 Å². The van der Waals surface area contributed by atoms with Crippen LogP contribution >= 0.6 is 0 Å². The Morgan fingerprint density at radius 3 is 1.69 bits per heavy atom. The average molecular weight is 920 g/mol. The van der Waals surface area contributed by atoms with E-state index in [1.807, 2.05) is 12.1 Å². The summed E-state index contributed by atoms with van der Waals surface area (Å²) in [5, 5.41) is 2.20. The second-order valence-corrected chi connectivity index (χ2v) is 19.9. The van der Waals surface area contributed by atoms with Crippen molar-refractivity contribution in [3.8, 4) is 33.4 Å². The molecular formula is C70H49NO. The standard InChI is InChI=1S/C70H49NO/c1-4-21-55(57-31-20-30-56-54-28-13-19-37-65(54)72-68(56)57)66-58-29-11-17-35-62(58)70(60-33-15-9-26-51(60)52-27-10-16-34-61(52)70)67(66)46-38-40-47(41-39-46)71(64-36-18-12-24-49(64)45-22-6-5-7-23-45)48-42-43-53-50-25-8-14-32-59(50)69(2,3)63(53)44-48/h4-44H,1H2,2-3H3/b55-21-. The summed E-state index contributed by atoms with van der Waals surface area (Å²) in [7, 11) is 0. The molecule has 0 bridgehead atoms. The number of para-hydroxylation sites is 3. The Bertz CT molecular complexity index is 4040. The van der Waals surface area contributed by atoms with Gasteiger partial charge in [-0.3, -0.25) is 0 Å². The molecule has 0 saturated heterocycles. The fourth-order valence-corrected chi connectivity index (χ4v) is 12.9. The van der Waals surface area contributed by atoms with E-state index in [-0.39, 0.29) is 5.41 Å². The molecule has 2 nitrogen and oxygen atoms in total. The molecule has 0 aliphatic heterocycles. The van der Waals surface area contributed by atoms with Crippen molar-refractivity contribution < 1.29 is 4.42 Å². The van der Waals surface area contributed by atoms with E-state index in [0.29, 0.717) is 0 Å². The second-order valence-electron chi connectivity index (χ2n) is 19.9. The van der Waals surface area contributed by atoms with Crippen molar-refractivity contribution >= 4 is 55.7 Å². The van der Waals surface area contributed by atoms with E-state index in [9.17, 15) is 0 Å². The Labute approximate surface area is 420 Å². The lowest BCUT2D eigenvalue weighted by molar-refractivity contribution is 0.660. The average Bonchev–Trinajstić information content (AvgIpc) is 4.13. The van der Waals surface area contributed by atoms with Crippen LogP contribution in [-0.4, -0.2) is 0 Å². The Kier molecular flexibility index (Phi) is 9.34. The smallest absolute Gasteiger partial charge is 0.143 e. The molecule has 1 heterocycles. The molecule has 0 amide bonds. The van der Waals surface area contributed by atoms with Crippen molar-refractivity contribution in [2.24, 2.45) is 0 Å². The molecule has 1 spiro atoms. The number of hydrogen-bond donors (Lipinski definition) is 0. The van der Waals surface area contributed by atoms with Crippen LogP contribution in [0.15, 0.2) is 260 Å². The molecule has 0 saturated carbocycles. The fourth-order valence-electron chi connectivity index (χ4n) is 12.9. The van der Waals surface area contributed by atoms with Crippen LogP contribution in [0, 0.1) is 0 Å². The summed E-state index contributed by atoms with van der Waals surface area (Å²) in [6, 6.07) is 87.2. The molecule has 72 heavy (non-hydrogen) atoms. The summed E-state index contributed by atoms with van der Waals surface area (Å²) in [5.74, 6) is 0. The lowest BCUT2D eigenvalue weighted by Gasteiger charge is -2.34. The van der Waals surface area contributed by atoms with Gasteiger partial charge >= 0.3 is 0 Å². The molecule has 14 rings (SSSR count). The maximum Gasteiger partial charge on any atom is 0.143 e. The Balaban J connectivity index is 1.04. The molecule has 3 aliphatic rings. The molecule has 0 atom stereocenters. The topological polar surface area (TPSA) is 16.4 Å². The largest absolute Gasteiger partial charge is 0.455 e. The minimum Gasteiger partial charge on any atom is -0.455 e. The van der Waals surface area contributed by atoms with E-state index in [0.717, 1.165) is 55.7 Å². The Hall–Kier alpha value is -8.98. The van der Waals surface area contributed by atoms with E-state index in [1.165, 1.54) is 77.9 Å². The minimum absolute atomic E-state index is 0.164. The van der Waals surface area contributed by atoms with Crippen molar-refractivity contribution in [3.63, 3.8) is 0 Å². The fraction of sp³-hybridized carbons (Fsp3) is 0.0571. The van der Waals surface area contributed by atoms with Gasteiger partial charge in [-0.2, -0.15) is 0 Å². The van der Waals surface area contributed by atoms with E-state index in [1.54, 1.807) is 0 Å². The Morgan fingerprint density at radius 2 is 0.986 bits per heavy atom. The maximum atomic E-state index is 6.85. The number of allylic oxidation sites excluding steroid dienone is 5. The quantitative estimate of drug-likeness (QED) is 0.141. The van der Waals surface area contributed by atoms with Gasteiger partial charge < -0.3 is 9.32 Å². The summed E-state index contributed by atoms with van der Waals surface area (Å²) >= 11 is 0. The zero-order valence-electron chi connectivity index (χ0n) is 40.2. The zero-order valence-corrected chi connectivity index (χ0v) is 40.2. The van der Waals surface area contributed by atoms with E-state index in [2.05, 4.69) is 262 Å². The van der Waals surface area contributed by atoms with Gasteiger partial charge in [0.2, 0.25) is 0 Å². The first kappa shape index (κ1) is 41.9. The lowest BCUT2D eigenvalue weighted by Crippen LogP contribution is -2.26. The van der Waals surface area contributed by atoms with Gasteiger partial charge in [0, 0.05) is 38.7 Å². The van der Waals surface area contributed by atoms with E-state index < -0.39 is 5.41 Å². The number of benzene rings is 10. The van der Waals surface area contributed by atoms with Crippen LogP contribution in [0.5, 0.6) is 0 Å². The number of rotatable bonds is 8. The van der Waals surface area contributed by atoms with Crippen molar-refractivity contribution in [2.75, 3.05) is 4.90 Å². The summed E-state index contributed by atoms with van der Waals surface area (Å²) in [6.45, 7) is 9.09. The molecule has 3 aliphatic carbocycles. The molecule has 1 aromatic heterocycles. The highest BCUT2D eigenvalue weighted by Gasteiger charge is 2.54. The maximum absolute atomic E-state index is 6.85. The first-order valence-electron chi connectivity index (χ1n) is 25.0. The molecule has 11 aromatic rings.